The van der Waals surface area contributed by atoms with Gasteiger partial charge in [0, 0.05) is 0 Å². The highest BCUT2D eigenvalue weighted by Gasteiger charge is 2.30. The largest absolute Gasteiger partial charge is 0.348 e. The van der Waals surface area contributed by atoms with E-state index in [1.165, 1.54) is 9.87 Å². The number of aryl methyl sites for hydroxylation is 1. The van der Waals surface area contributed by atoms with Crippen molar-refractivity contribution < 1.29 is 13.2 Å². The Bertz CT molecular complexity index is 960. The third kappa shape index (κ3) is 5.82. The number of benzene rings is 2. The minimum absolute atomic E-state index is 0.0589. The number of carbonyl (C=O) groups is 1. The lowest BCUT2D eigenvalue weighted by atomic mass is 9.86. The Hall–Kier alpha value is -2.34. The number of nitrogens with zero attached hydrogens (tertiary/aromatic N) is 1. The van der Waals surface area contributed by atoms with Gasteiger partial charge in [0.1, 0.15) is 6.04 Å². The molecule has 0 aromatic heterocycles. The molecule has 2 atom stereocenters. The Kier molecular flexibility index (Phi) is 6.78. The van der Waals surface area contributed by atoms with Crippen LogP contribution in [-0.2, 0) is 20.2 Å². The van der Waals surface area contributed by atoms with Crippen LogP contribution >= 0.6 is 0 Å². The molecule has 0 fully saturated rings. The van der Waals surface area contributed by atoms with Crippen LogP contribution in [0.4, 0.5) is 5.69 Å². The zero-order valence-electron chi connectivity index (χ0n) is 18.4. The number of rotatable bonds is 6. The average molecular weight is 417 g/mol. The van der Waals surface area contributed by atoms with Gasteiger partial charge in [-0.1, -0.05) is 57.2 Å². The normalized spacial score (nSPS) is 14.2. The first-order valence-electron chi connectivity index (χ1n) is 9.77. The summed E-state index contributed by atoms with van der Waals surface area (Å²) in [7, 11) is -3.63. The number of hydrogen-bond donors (Lipinski definition) is 1. The molecule has 2 rings (SSSR count). The van der Waals surface area contributed by atoms with Crippen LogP contribution in [0, 0.1) is 6.92 Å². The van der Waals surface area contributed by atoms with Crippen LogP contribution in [0.3, 0.4) is 0 Å². The maximum Gasteiger partial charge on any atom is 0.244 e. The van der Waals surface area contributed by atoms with E-state index >= 15 is 0 Å². The molecule has 0 unspecified atom stereocenters. The van der Waals surface area contributed by atoms with Gasteiger partial charge in [-0.15, -0.1) is 0 Å². The van der Waals surface area contributed by atoms with E-state index in [9.17, 15) is 13.2 Å². The maximum atomic E-state index is 12.9. The molecule has 0 aliphatic rings. The molecule has 6 heteroatoms. The summed E-state index contributed by atoms with van der Waals surface area (Å²) in [6.45, 7) is 11.8. The first kappa shape index (κ1) is 22.9. The van der Waals surface area contributed by atoms with E-state index in [0.717, 1.165) is 17.4 Å². The first-order valence-corrected chi connectivity index (χ1v) is 11.6. The summed E-state index contributed by atoms with van der Waals surface area (Å²) in [5.41, 5.74) is 3.66. The summed E-state index contributed by atoms with van der Waals surface area (Å²) in [5, 5.41) is 2.95. The van der Waals surface area contributed by atoms with Crippen LogP contribution in [0.5, 0.6) is 0 Å². The quantitative estimate of drug-likeness (QED) is 0.762. The monoisotopic (exact) mass is 416 g/mol. The fourth-order valence-corrected chi connectivity index (χ4v) is 4.43. The van der Waals surface area contributed by atoms with Crippen molar-refractivity contribution in [3.8, 4) is 0 Å². The van der Waals surface area contributed by atoms with E-state index in [2.05, 4.69) is 38.2 Å². The Labute approximate surface area is 175 Å². The van der Waals surface area contributed by atoms with Gasteiger partial charge >= 0.3 is 0 Å². The van der Waals surface area contributed by atoms with E-state index < -0.39 is 16.1 Å². The van der Waals surface area contributed by atoms with Crippen LogP contribution in [0.2, 0.25) is 0 Å². The number of amides is 1. The number of nitrogens with one attached hydrogen (secondary N) is 1. The van der Waals surface area contributed by atoms with E-state index in [4.69, 9.17) is 0 Å². The highest BCUT2D eigenvalue weighted by molar-refractivity contribution is 7.92. The standard InChI is InChI=1S/C23H32N2O3S/c1-16-9-8-10-21(15-16)25(29(7,27)28)18(3)22(26)24-17(2)19-11-13-20(14-12-19)23(4,5)6/h8-15,17-18H,1-7H3,(H,24,26)/t17-,18-/m0/s1. The molecule has 0 aliphatic carbocycles. The summed E-state index contributed by atoms with van der Waals surface area (Å²) in [6, 6.07) is 14.2. The third-order valence-electron chi connectivity index (χ3n) is 4.98. The van der Waals surface area contributed by atoms with Gasteiger partial charge in [-0.05, 0) is 55.0 Å². The second-order valence-electron chi connectivity index (χ2n) is 8.68. The van der Waals surface area contributed by atoms with Crippen LogP contribution in [0.25, 0.3) is 0 Å². The lowest BCUT2D eigenvalue weighted by Crippen LogP contribution is -2.48. The number of hydrogen-bond acceptors (Lipinski definition) is 3. The molecule has 0 saturated carbocycles. The van der Waals surface area contributed by atoms with Gasteiger partial charge in [0.25, 0.3) is 0 Å². The molecule has 0 radical (unpaired) electrons. The molecule has 2 aromatic carbocycles. The Morgan fingerprint density at radius 3 is 2.10 bits per heavy atom. The molecule has 1 N–H and O–H groups in total. The van der Waals surface area contributed by atoms with E-state index in [-0.39, 0.29) is 17.4 Å². The summed E-state index contributed by atoms with van der Waals surface area (Å²) in [4.78, 5) is 12.9. The number of carbonyl (C=O) groups excluding carboxylic acids is 1. The van der Waals surface area contributed by atoms with Gasteiger partial charge in [-0.3, -0.25) is 9.10 Å². The number of sulfonamides is 1. The molecule has 5 nitrogen and oxygen atoms in total. The van der Waals surface area contributed by atoms with E-state index in [1.807, 2.05) is 32.0 Å². The van der Waals surface area contributed by atoms with Crippen molar-refractivity contribution in [1.29, 1.82) is 0 Å². The van der Waals surface area contributed by atoms with Crippen molar-refractivity contribution in [2.45, 2.75) is 59.0 Å². The van der Waals surface area contributed by atoms with E-state index in [1.54, 1.807) is 25.1 Å². The SMILES string of the molecule is Cc1cccc(N([C@@H](C)C(=O)N[C@@H](C)c2ccc(C(C)(C)C)cc2)S(C)(=O)=O)c1. The average Bonchev–Trinajstić information content (AvgIpc) is 2.60. The van der Waals surface area contributed by atoms with Crippen LogP contribution in [-0.4, -0.2) is 26.6 Å². The van der Waals surface area contributed by atoms with Gasteiger partial charge in [-0.25, -0.2) is 8.42 Å². The number of anilines is 1. The summed E-state index contributed by atoms with van der Waals surface area (Å²) >= 11 is 0. The fraction of sp³-hybridized carbons (Fsp3) is 0.435. The lowest BCUT2D eigenvalue weighted by Gasteiger charge is -2.29. The van der Waals surface area contributed by atoms with Crippen molar-refractivity contribution in [3.05, 3.63) is 65.2 Å². The lowest BCUT2D eigenvalue weighted by molar-refractivity contribution is -0.122. The zero-order valence-corrected chi connectivity index (χ0v) is 19.2. The molecule has 0 aliphatic heterocycles. The summed E-state index contributed by atoms with van der Waals surface area (Å²) in [6.07, 6.45) is 1.12. The molecule has 0 spiro atoms. The predicted molar refractivity (Wildman–Crippen MR) is 120 cm³/mol. The smallest absolute Gasteiger partial charge is 0.244 e. The van der Waals surface area contributed by atoms with Crippen molar-refractivity contribution in [3.63, 3.8) is 0 Å². The van der Waals surface area contributed by atoms with Gasteiger partial charge in [0.2, 0.25) is 15.9 Å². The van der Waals surface area contributed by atoms with Gasteiger partial charge in [-0.2, -0.15) is 0 Å². The molecule has 0 heterocycles. The molecule has 0 saturated heterocycles. The first-order chi connectivity index (χ1) is 13.3. The minimum atomic E-state index is -3.63. The molecule has 158 valence electrons. The maximum absolute atomic E-state index is 12.9. The van der Waals surface area contributed by atoms with Crippen molar-refractivity contribution >= 4 is 21.6 Å². The Balaban J connectivity index is 2.21. The molecular formula is C23H32N2O3S. The molecular weight excluding hydrogens is 384 g/mol. The third-order valence-corrected chi connectivity index (χ3v) is 6.22. The predicted octanol–water partition coefficient (Wildman–Crippen LogP) is 4.32. The summed E-state index contributed by atoms with van der Waals surface area (Å²) < 4.78 is 26.0. The molecule has 0 bridgehead atoms. The van der Waals surface area contributed by atoms with Crippen molar-refractivity contribution in [2.75, 3.05) is 10.6 Å². The van der Waals surface area contributed by atoms with Gasteiger partial charge in [0.15, 0.2) is 0 Å². The van der Waals surface area contributed by atoms with Gasteiger partial charge < -0.3 is 5.32 Å². The second-order valence-corrected chi connectivity index (χ2v) is 10.5. The van der Waals surface area contributed by atoms with Crippen LogP contribution in [0.15, 0.2) is 48.5 Å². The van der Waals surface area contributed by atoms with Crippen molar-refractivity contribution in [1.82, 2.24) is 5.32 Å². The van der Waals surface area contributed by atoms with E-state index in [0.29, 0.717) is 5.69 Å². The Morgan fingerprint density at radius 1 is 1.03 bits per heavy atom. The zero-order chi connectivity index (χ0) is 22.0. The topological polar surface area (TPSA) is 66.5 Å². The Morgan fingerprint density at radius 2 is 1.62 bits per heavy atom. The van der Waals surface area contributed by atoms with Crippen molar-refractivity contribution in [2.24, 2.45) is 0 Å². The summed E-state index contributed by atoms with van der Waals surface area (Å²) in [5.74, 6) is -0.343. The highest BCUT2D eigenvalue weighted by atomic mass is 32.2. The highest BCUT2D eigenvalue weighted by Crippen LogP contribution is 2.25. The fourth-order valence-electron chi connectivity index (χ4n) is 3.26. The molecule has 29 heavy (non-hydrogen) atoms. The van der Waals surface area contributed by atoms with Crippen LogP contribution < -0.4 is 9.62 Å². The minimum Gasteiger partial charge on any atom is -0.348 e. The molecule has 1 amide bonds. The molecule has 2 aromatic rings. The van der Waals surface area contributed by atoms with Crippen LogP contribution in [0.1, 0.15) is 57.4 Å². The van der Waals surface area contributed by atoms with Gasteiger partial charge in [0.05, 0.1) is 18.0 Å². The second kappa shape index (κ2) is 8.57.